The molecule has 1 rings (SSSR count). The first-order valence-corrected chi connectivity index (χ1v) is 5.16. The average Bonchev–Trinajstić information content (AvgIpc) is 2.15. The summed E-state index contributed by atoms with van der Waals surface area (Å²) in [6.45, 7) is 3.84. The molecule has 14 heavy (non-hydrogen) atoms. The zero-order valence-corrected chi connectivity index (χ0v) is 8.90. The Morgan fingerprint density at radius 2 is 1.86 bits per heavy atom. The highest BCUT2D eigenvalue weighted by molar-refractivity contribution is 5.14. The van der Waals surface area contributed by atoms with Gasteiger partial charge in [0.1, 0.15) is 6.23 Å². The molecular formula is C12H19NO. The lowest BCUT2D eigenvalue weighted by molar-refractivity contribution is 0.141. The molecule has 0 bridgehead atoms. The van der Waals surface area contributed by atoms with Crippen molar-refractivity contribution in [3.63, 3.8) is 0 Å². The second-order valence-electron chi connectivity index (χ2n) is 3.77. The van der Waals surface area contributed by atoms with Crippen molar-refractivity contribution in [1.82, 2.24) is 5.32 Å². The Bertz CT molecular complexity index is 246. The molecule has 0 aliphatic rings. The molecule has 78 valence electrons. The fourth-order valence-electron chi connectivity index (χ4n) is 1.52. The number of aryl methyl sites for hydroxylation is 1. The first kappa shape index (κ1) is 11.2. The molecule has 2 nitrogen and oxygen atoms in total. The van der Waals surface area contributed by atoms with Gasteiger partial charge in [0.05, 0.1) is 0 Å². The number of benzene rings is 1. The van der Waals surface area contributed by atoms with Crippen molar-refractivity contribution in [2.24, 2.45) is 0 Å². The molecule has 1 aromatic rings. The van der Waals surface area contributed by atoms with Gasteiger partial charge in [-0.3, -0.25) is 5.32 Å². The molecule has 0 heterocycles. The zero-order chi connectivity index (χ0) is 10.4. The third-order valence-electron chi connectivity index (χ3n) is 2.23. The van der Waals surface area contributed by atoms with Crippen LogP contribution in [0.3, 0.4) is 0 Å². The van der Waals surface area contributed by atoms with E-state index in [2.05, 4.69) is 36.5 Å². The van der Waals surface area contributed by atoms with Crippen LogP contribution >= 0.6 is 0 Å². The van der Waals surface area contributed by atoms with Gasteiger partial charge in [-0.25, -0.2) is 0 Å². The fourth-order valence-corrected chi connectivity index (χ4v) is 1.52. The van der Waals surface area contributed by atoms with E-state index in [1.165, 1.54) is 5.56 Å². The van der Waals surface area contributed by atoms with Crippen LogP contribution in [0.2, 0.25) is 0 Å². The Labute approximate surface area is 86.0 Å². The Hall–Kier alpha value is -0.860. The highest BCUT2D eigenvalue weighted by atomic mass is 16.3. The quantitative estimate of drug-likeness (QED) is 0.700. The molecule has 1 aromatic carbocycles. The monoisotopic (exact) mass is 193 g/mol. The molecule has 0 saturated heterocycles. The number of aliphatic hydroxyl groups is 1. The summed E-state index contributed by atoms with van der Waals surface area (Å²) in [5.41, 5.74) is 1.35. The number of aliphatic hydroxyl groups excluding tert-OH is 1. The van der Waals surface area contributed by atoms with Gasteiger partial charge in [-0.2, -0.15) is 0 Å². The molecule has 0 amide bonds. The van der Waals surface area contributed by atoms with Gasteiger partial charge in [-0.05, 0) is 32.3 Å². The minimum absolute atomic E-state index is 0.357. The molecule has 0 aliphatic heterocycles. The van der Waals surface area contributed by atoms with Gasteiger partial charge in [-0.15, -0.1) is 0 Å². The maximum absolute atomic E-state index is 9.11. The van der Waals surface area contributed by atoms with E-state index in [0.717, 1.165) is 12.8 Å². The van der Waals surface area contributed by atoms with E-state index in [1.807, 2.05) is 6.07 Å². The van der Waals surface area contributed by atoms with Gasteiger partial charge < -0.3 is 5.11 Å². The van der Waals surface area contributed by atoms with Crippen molar-refractivity contribution in [2.75, 3.05) is 0 Å². The normalized spacial score (nSPS) is 15.1. The summed E-state index contributed by atoms with van der Waals surface area (Å²) in [7, 11) is 0. The Kier molecular flexibility index (Phi) is 4.63. The summed E-state index contributed by atoms with van der Waals surface area (Å²) in [5.74, 6) is 0. The fraction of sp³-hybridized carbons (Fsp3) is 0.500. The van der Waals surface area contributed by atoms with Crippen LogP contribution in [-0.2, 0) is 6.42 Å². The van der Waals surface area contributed by atoms with Crippen LogP contribution in [0.15, 0.2) is 30.3 Å². The van der Waals surface area contributed by atoms with Crippen molar-refractivity contribution in [3.8, 4) is 0 Å². The smallest absolute Gasteiger partial charge is 0.102 e. The van der Waals surface area contributed by atoms with Crippen LogP contribution in [0.4, 0.5) is 0 Å². The molecule has 2 atom stereocenters. The van der Waals surface area contributed by atoms with E-state index in [4.69, 9.17) is 5.11 Å². The maximum atomic E-state index is 9.11. The summed E-state index contributed by atoms with van der Waals surface area (Å²) in [5, 5.41) is 12.2. The number of hydrogen-bond acceptors (Lipinski definition) is 2. The summed E-state index contributed by atoms with van der Waals surface area (Å²) in [4.78, 5) is 0. The van der Waals surface area contributed by atoms with Gasteiger partial charge >= 0.3 is 0 Å². The highest BCUT2D eigenvalue weighted by Gasteiger charge is 2.03. The summed E-state index contributed by atoms with van der Waals surface area (Å²) < 4.78 is 0. The van der Waals surface area contributed by atoms with Crippen LogP contribution in [0.5, 0.6) is 0 Å². The van der Waals surface area contributed by atoms with Gasteiger partial charge in [0.25, 0.3) is 0 Å². The highest BCUT2D eigenvalue weighted by Crippen LogP contribution is 2.04. The van der Waals surface area contributed by atoms with E-state index in [9.17, 15) is 0 Å². The SMILES string of the molecule is CC(O)NC(C)CCc1ccccc1. The van der Waals surface area contributed by atoms with Gasteiger partial charge in [0.15, 0.2) is 0 Å². The van der Waals surface area contributed by atoms with Crippen molar-refractivity contribution in [1.29, 1.82) is 0 Å². The molecule has 0 radical (unpaired) electrons. The Morgan fingerprint density at radius 3 is 2.43 bits per heavy atom. The topological polar surface area (TPSA) is 32.3 Å². The molecule has 2 unspecified atom stereocenters. The lowest BCUT2D eigenvalue weighted by Crippen LogP contribution is -2.34. The van der Waals surface area contributed by atoms with Crippen LogP contribution in [0.1, 0.15) is 25.8 Å². The molecule has 0 fully saturated rings. The second-order valence-corrected chi connectivity index (χ2v) is 3.77. The first-order chi connectivity index (χ1) is 6.68. The standard InChI is InChI=1S/C12H19NO/c1-10(13-11(2)14)8-9-12-6-4-3-5-7-12/h3-7,10-11,13-14H,8-9H2,1-2H3. The van der Waals surface area contributed by atoms with E-state index >= 15 is 0 Å². The van der Waals surface area contributed by atoms with E-state index in [1.54, 1.807) is 6.92 Å². The van der Waals surface area contributed by atoms with E-state index in [-0.39, 0.29) is 0 Å². The number of nitrogens with one attached hydrogen (secondary N) is 1. The summed E-state index contributed by atoms with van der Waals surface area (Å²) in [6.07, 6.45) is 1.69. The van der Waals surface area contributed by atoms with Crippen LogP contribution < -0.4 is 5.32 Å². The zero-order valence-electron chi connectivity index (χ0n) is 8.90. The minimum Gasteiger partial charge on any atom is -0.379 e. The summed E-state index contributed by atoms with van der Waals surface area (Å²) >= 11 is 0. The first-order valence-electron chi connectivity index (χ1n) is 5.16. The Morgan fingerprint density at radius 1 is 1.21 bits per heavy atom. The van der Waals surface area contributed by atoms with E-state index < -0.39 is 6.23 Å². The molecule has 2 heteroatoms. The maximum Gasteiger partial charge on any atom is 0.102 e. The largest absolute Gasteiger partial charge is 0.379 e. The third-order valence-corrected chi connectivity index (χ3v) is 2.23. The minimum atomic E-state index is -0.416. The lowest BCUT2D eigenvalue weighted by Gasteiger charge is -2.15. The number of hydrogen-bond donors (Lipinski definition) is 2. The van der Waals surface area contributed by atoms with Gasteiger partial charge in [0, 0.05) is 6.04 Å². The third kappa shape index (κ3) is 4.40. The van der Waals surface area contributed by atoms with E-state index in [0.29, 0.717) is 6.04 Å². The van der Waals surface area contributed by atoms with Crippen molar-refractivity contribution in [3.05, 3.63) is 35.9 Å². The van der Waals surface area contributed by atoms with Crippen LogP contribution in [0.25, 0.3) is 0 Å². The summed E-state index contributed by atoms with van der Waals surface area (Å²) in [6, 6.07) is 10.8. The molecule has 2 N–H and O–H groups in total. The molecular weight excluding hydrogens is 174 g/mol. The van der Waals surface area contributed by atoms with Crippen LogP contribution in [0, 0.1) is 0 Å². The van der Waals surface area contributed by atoms with Crippen molar-refractivity contribution < 1.29 is 5.11 Å². The predicted octanol–water partition coefficient (Wildman–Crippen LogP) is 1.94. The molecule has 0 aliphatic carbocycles. The molecule has 0 aromatic heterocycles. The lowest BCUT2D eigenvalue weighted by atomic mass is 10.1. The van der Waals surface area contributed by atoms with Crippen molar-refractivity contribution >= 4 is 0 Å². The van der Waals surface area contributed by atoms with Gasteiger partial charge in [-0.1, -0.05) is 30.3 Å². The number of rotatable bonds is 5. The van der Waals surface area contributed by atoms with Crippen molar-refractivity contribution in [2.45, 2.75) is 39.0 Å². The predicted molar refractivity (Wildman–Crippen MR) is 59.0 cm³/mol. The molecule has 0 saturated carbocycles. The Balaban J connectivity index is 2.27. The second kappa shape index (κ2) is 5.78. The van der Waals surface area contributed by atoms with Crippen LogP contribution in [-0.4, -0.2) is 17.4 Å². The average molecular weight is 193 g/mol. The van der Waals surface area contributed by atoms with Gasteiger partial charge in [0.2, 0.25) is 0 Å². The molecule has 0 spiro atoms.